The van der Waals surface area contributed by atoms with Gasteiger partial charge in [0.2, 0.25) is 5.78 Å². The first-order chi connectivity index (χ1) is 5.61. The zero-order chi connectivity index (χ0) is 9.56. The summed E-state index contributed by atoms with van der Waals surface area (Å²) in [6, 6.07) is 0. The van der Waals surface area contributed by atoms with E-state index in [2.05, 4.69) is 11.3 Å². The van der Waals surface area contributed by atoms with E-state index in [0.717, 1.165) is 0 Å². The van der Waals surface area contributed by atoms with Gasteiger partial charge in [-0.25, -0.2) is 4.79 Å². The lowest BCUT2D eigenvalue weighted by Crippen LogP contribution is -2.18. The molecule has 0 aliphatic carbocycles. The van der Waals surface area contributed by atoms with Crippen molar-refractivity contribution in [3.63, 3.8) is 0 Å². The molecule has 0 aromatic heterocycles. The molecule has 0 saturated carbocycles. The van der Waals surface area contributed by atoms with E-state index in [1.807, 2.05) is 6.92 Å². The van der Waals surface area contributed by atoms with E-state index in [-0.39, 0.29) is 18.9 Å². The van der Waals surface area contributed by atoms with Crippen molar-refractivity contribution >= 4 is 11.8 Å². The van der Waals surface area contributed by atoms with Crippen LogP contribution in [0.1, 0.15) is 20.3 Å². The summed E-state index contributed by atoms with van der Waals surface area (Å²) in [5.74, 6) is -1.20. The van der Waals surface area contributed by atoms with E-state index < -0.39 is 11.8 Å². The van der Waals surface area contributed by atoms with E-state index in [9.17, 15) is 9.59 Å². The maximum absolute atomic E-state index is 11.0. The molecule has 0 unspecified atom stereocenters. The third-order valence-corrected chi connectivity index (χ3v) is 1.41. The highest BCUT2D eigenvalue weighted by Gasteiger charge is 2.16. The Labute approximate surface area is 72.4 Å². The highest BCUT2D eigenvalue weighted by atomic mass is 16.5. The molecule has 1 atom stereocenters. The van der Waals surface area contributed by atoms with Gasteiger partial charge in [0.15, 0.2) is 0 Å². The third kappa shape index (κ3) is 3.91. The zero-order valence-corrected chi connectivity index (χ0v) is 7.50. The minimum absolute atomic E-state index is 0.0295. The van der Waals surface area contributed by atoms with Crippen LogP contribution in [0, 0.1) is 5.92 Å². The predicted molar refractivity (Wildman–Crippen MR) is 45.6 cm³/mol. The quantitative estimate of drug-likeness (QED) is 0.355. The van der Waals surface area contributed by atoms with Gasteiger partial charge in [-0.2, -0.15) is 0 Å². The second-order valence-corrected chi connectivity index (χ2v) is 2.56. The van der Waals surface area contributed by atoms with Gasteiger partial charge in [0.25, 0.3) is 0 Å². The van der Waals surface area contributed by atoms with E-state index in [1.165, 1.54) is 0 Å². The number of ether oxygens (including phenoxy) is 1. The molecule has 3 heteroatoms. The largest absolute Gasteiger partial charge is 0.460 e. The Kier molecular flexibility index (Phi) is 5.00. The van der Waals surface area contributed by atoms with Crippen molar-refractivity contribution in [1.29, 1.82) is 0 Å². The van der Waals surface area contributed by atoms with Gasteiger partial charge in [0.1, 0.15) is 0 Å². The van der Waals surface area contributed by atoms with Crippen LogP contribution in [-0.4, -0.2) is 18.4 Å². The minimum Gasteiger partial charge on any atom is -0.460 e. The van der Waals surface area contributed by atoms with E-state index in [1.54, 1.807) is 13.0 Å². The molecule has 0 aromatic carbocycles. The highest BCUT2D eigenvalue weighted by Crippen LogP contribution is 2.03. The van der Waals surface area contributed by atoms with Crippen molar-refractivity contribution in [3.8, 4) is 0 Å². The van der Waals surface area contributed by atoms with Gasteiger partial charge in [0, 0.05) is 6.42 Å². The lowest BCUT2D eigenvalue weighted by molar-refractivity contribution is -0.153. The third-order valence-electron chi connectivity index (χ3n) is 1.41. The maximum atomic E-state index is 11.0. The Morgan fingerprint density at radius 2 is 2.17 bits per heavy atom. The molecule has 0 spiro atoms. The summed E-state index contributed by atoms with van der Waals surface area (Å²) in [6.07, 6.45) is 1.82. The first-order valence-electron chi connectivity index (χ1n) is 3.94. The molecular formula is C9H14O3. The number of esters is 1. The fourth-order valence-electron chi connectivity index (χ4n) is 0.671. The molecule has 0 amide bonds. The Morgan fingerprint density at radius 3 is 2.58 bits per heavy atom. The summed E-state index contributed by atoms with van der Waals surface area (Å²) in [4.78, 5) is 21.8. The second kappa shape index (κ2) is 5.52. The SMILES string of the molecule is C=C[C@H](C)CC(=O)C(=O)OCC. The van der Waals surface area contributed by atoms with Crippen LogP contribution in [0.5, 0.6) is 0 Å². The number of carbonyl (C=O) groups is 2. The molecule has 0 aliphatic rings. The molecule has 0 N–H and O–H groups in total. The van der Waals surface area contributed by atoms with Crippen molar-refractivity contribution < 1.29 is 14.3 Å². The first-order valence-corrected chi connectivity index (χ1v) is 3.94. The number of hydrogen-bond donors (Lipinski definition) is 0. The van der Waals surface area contributed by atoms with Crippen molar-refractivity contribution in [2.45, 2.75) is 20.3 Å². The van der Waals surface area contributed by atoms with Crippen LogP contribution in [0.15, 0.2) is 12.7 Å². The van der Waals surface area contributed by atoms with E-state index in [4.69, 9.17) is 0 Å². The number of rotatable bonds is 5. The molecule has 68 valence electrons. The normalized spacial score (nSPS) is 11.8. The second-order valence-electron chi connectivity index (χ2n) is 2.56. The lowest BCUT2D eigenvalue weighted by Gasteiger charge is -2.03. The molecule has 0 saturated heterocycles. The number of Topliss-reactive ketones (excluding diaryl/α,β-unsaturated/α-hetero) is 1. The van der Waals surface area contributed by atoms with Crippen LogP contribution >= 0.6 is 0 Å². The summed E-state index contributed by atoms with van der Waals surface area (Å²) >= 11 is 0. The van der Waals surface area contributed by atoms with Gasteiger partial charge in [0.05, 0.1) is 6.61 Å². The van der Waals surface area contributed by atoms with Crippen molar-refractivity contribution in [2.75, 3.05) is 6.61 Å². The molecule has 0 fully saturated rings. The summed E-state index contributed by atoms with van der Waals surface area (Å²) in [7, 11) is 0. The lowest BCUT2D eigenvalue weighted by atomic mass is 10.1. The Balaban J connectivity index is 3.86. The molecular weight excluding hydrogens is 156 g/mol. The molecule has 0 aliphatic heterocycles. The fourth-order valence-corrected chi connectivity index (χ4v) is 0.671. The van der Waals surface area contributed by atoms with Gasteiger partial charge < -0.3 is 4.74 Å². The van der Waals surface area contributed by atoms with Gasteiger partial charge in [-0.3, -0.25) is 4.79 Å². The number of hydrogen-bond acceptors (Lipinski definition) is 3. The fraction of sp³-hybridized carbons (Fsp3) is 0.556. The van der Waals surface area contributed by atoms with Crippen molar-refractivity contribution in [1.82, 2.24) is 0 Å². The molecule has 0 heterocycles. The van der Waals surface area contributed by atoms with Crippen LogP contribution in [0.2, 0.25) is 0 Å². The topological polar surface area (TPSA) is 43.4 Å². The summed E-state index contributed by atoms with van der Waals surface area (Å²) in [6.45, 7) is 7.25. The number of ketones is 1. The summed E-state index contributed by atoms with van der Waals surface area (Å²) in [5, 5.41) is 0. The monoisotopic (exact) mass is 170 g/mol. The highest BCUT2D eigenvalue weighted by molar-refractivity contribution is 6.33. The van der Waals surface area contributed by atoms with Gasteiger partial charge in [-0.15, -0.1) is 6.58 Å². The minimum atomic E-state index is -0.744. The Hall–Kier alpha value is -1.12. The summed E-state index contributed by atoms with van der Waals surface area (Å²) < 4.78 is 4.53. The van der Waals surface area contributed by atoms with Crippen LogP contribution in [-0.2, 0) is 14.3 Å². The first kappa shape index (κ1) is 10.9. The molecule has 0 radical (unpaired) electrons. The molecule has 0 rings (SSSR count). The Morgan fingerprint density at radius 1 is 1.58 bits per heavy atom. The molecule has 0 aromatic rings. The van der Waals surface area contributed by atoms with Crippen LogP contribution in [0.3, 0.4) is 0 Å². The van der Waals surface area contributed by atoms with Gasteiger partial charge in [-0.1, -0.05) is 13.0 Å². The van der Waals surface area contributed by atoms with Gasteiger partial charge >= 0.3 is 5.97 Å². The number of carbonyl (C=O) groups excluding carboxylic acids is 2. The standard InChI is InChI=1S/C9H14O3/c1-4-7(3)6-8(10)9(11)12-5-2/h4,7H,1,5-6H2,2-3H3/t7-/m0/s1. The van der Waals surface area contributed by atoms with Crippen LogP contribution in [0.25, 0.3) is 0 Å². The number of allylic oxidation sites excluding steroid dienone is 1. The van der Waals surface area contributed by atoms with Crippen LogP contribution < -0.4 is 0 Å². The Bertz CT molecular complexity index is 184. The van der Waals surface area contributed by atoms with Gasteiger partial charge in [-0.05, 0) is 12.8 Å². The smallest absolute Gasteiger partial charge is 0.374 e. The zero-order valence-electron chi connectivity index (χ0n) is 7.50. The molecule has 3 nitrogen and oxygen atoms in total. The van der Waals surface area contributed by atoms with E-state index in [0.29, 0.717) is 0 Å². The van der Waals surface area contributed by atoms with Crippen molar-refractivity contribution in [2.24, 2.45) is 5.92 Å². The van der Waals surface area contributed by atoms with E-state index >= 15 is 0 Å². The van der Waals surface area contributed by atoms with Crippen LogP contribution in [0.4, 0.5) is 0 Å². The summed E-state index contributed by atoms with van der Waals surface area (Å²) in [5.41, 5.74) is 0. The predicted octanol–water partition coefficient (Wildman–Crippen LogP) is 1.33. The average molecular weight is 170 g/mol. The molecule has 12 heavy (non-hydrogen) atoms. The maximum Gasteiger partial charge on any atom is 0.374 e. The van der Waals surface area contributed by atoms with Crippen molar-refractivity contribution in [3.05, 3.63) is 12.7 Å². The average Bonchev–Trinajstić information content (AvgIpc) is 2.04. The molecule has 0 bridgehead atoms.